The molecule has 0 radical (unpaired) electrons. The summed E-state index contributed by atoms with van der Waals surface area (Å²) in [6.07, 6.45) is -0.470. The number of nitrogens with zero attached hydrogens (tertiary/aromatic N) is 6. The highest BCUT2D eigenvalue weighted by Crippen LogP contribution is 2.44. The molecule has 0 saturated carbocycles. The van der Waals surface area contributed by atoms with Crippen molar-refractivity contribution in [3.05, 3.63) is 47.2 Å². The molecule has 3 unspecified atom stereocenters. The van der Waals surface area contributed by atoms with Crippen LogP contribution in [0, 0.1) is 5.41 Å². The topological polar surface area (TPSA) is 186 Å². The molecule has 0 aliphatic carbocycles. The fraction of sp³-hybridized carbons (Fsp3) is 0.364. The SMILES string of the molecule is CC(ON=C(C(=O)NC1C(=O)N2CC(CSc3nncs3)(C(=O)O)CS[C@H]12)c1nsc(N)n1)c1ccccc1. The molecule has 13 nitrogen and oxygen atoms in total. The zero-order valence-corrected chi connectivity index (χ0v) is 23.6. The highest BCUT2D eigenvalue weighted by molar-refractivity contribution is 8.01. The van der Waals surface area contributed by atoms with E-state index >= 15 is 0 Å². The molecular formula is C22H22N8O5S4. The van der Waals surface area contributed by atoms with Gasteiger partial charge in [-0.25, -0.2) is 0 Å². The lowest BCUT2D eigenvalue weighted by Gasteiger charge is -2.53. The summed E-state index contributed by atoms with van der Waals surface area (Å²) >= 11 is 4.84. The lowest BCUT2D eigenvalue weighted by atomic mass is 9.89. The first-order valence-corrected chi connectivity index (χ1v) is 15.2. The normalized spacial score (nSPS) is 23.5. The quantitative estimate of drug-likeness (QED) is 0.131. The number of benzene rings is 1. The van der Waals surface area contributed by atoms with Gasteiger partial charge in [-0.1, -0.05) is 58.6 Å². The summed E-state index contributed by atoms with van der Waals surface area (Å²) in [7, 11) is 0. The van der Waals surface area contributed by atoms with Crippen molar-refractivity contribution in [3.8, 4) is 0 Å². The molecule has 4 N–H and O–H groups in total. The van der Waals surface area contributed by atoms with Gasteiger partial charge in [-0.2, -0.15) is 9.36 Å². The van der Waals surface area contributed by atoms with Crippen LogP contribution < -0.4 is 11.1 Å². The van der Waals surface area contributed by atoms with Crippen LogP contribution in [-0.2, 0) is 19.2 Å². The molecule has 1 aromatic carbocycles. The van der Waals surface area contributed by atoms with Crippen LogP contribution in [0.2, 0.25) is 0 Å². The highest BCUT2D eigenvalue weighted by Gasteiger charge is 2.57. The number of carbonyl (C=O) groups excluding carboxylic acids is 2. The Bertz CT molecular complexity index is 1390. The summed E-state index contributed by atoms with van der Waals surface area (Å²) in [4.78, 5) is 49.7. The first-order valence-electron chi connectivity index (χ1n) is 11.5. The number of fused-ring (bicyclic) bond motifs is 1. The van der Waals surface area contributed by atoms with E-state index in [1.54, 1.807) is 12.4 Å². The van der Waals surface area contributed by atoms with Crippen LogP contribution in [0.15, 0.2) is 45.3 Å². The number of nitrogens with two attached hydrogens (primary N) is 1. The maximum Gasteiger partial charge on any atom is 0.313 e. The molecule has 204 valence electrons. The van der Waals surface area contributed by atoms with Gasteiger partial charge in [-0.05, 0) is 12.5 Å². The van der Waals surface area contributed by atoms with Crippen molar-refractivity contribution in [1.82, 2.24) is 29.8 Å². The average Bonchev–Trinajstić information content (AvgIpc) is 3.62. The molecule has 5 rings (SSSR count). The van der Waals surface area contributed by atoms with E-state index in [1.807, 2.05) is 30.3 Å². The molecule has 2 saturated heterocycles. The highest BCUT2D eigenvalue weighted by atomic mass is 32.2. The number of hydrogen-bond donors (Lipinski definition) is 3. The third-order valence-corrected chi connectivity index (χ3v) is 10.4. The van der Waals surface area contributed by atoms with E-state index in [4.69, 9.17) is 10.6 Å². The van der Waals surface area contributed by atoms with Gasteiger partial charge in [0.15, 0.2) is 9.47 Å². The van der Waals surface area contributed by atoms with Gasteiger partial charge in [0.1, 0.15) is 28.4 Å². The first-order chi connectivity index (χ1) is 18.8. The van der Waals surface area contributed by atoms with Crippen LogP contribution in [0.25, 0.3) is 0 Å². The van der Waals surface area contributed by atoms with E-state index in [0.29, 0.717) is 4.34 Å². The molecule has 3 aromatic rings. The fourth-order valence-corrected chi connectivity index (χ4v) is 7.76. The maximum absolute atomic E-state index is 13.3. The summed E-state index contributed by atoms with van der Waals surface area (Å²) in [5, 5.41) is 24.2. The third-order valence-electron chi connectivity index (χ3n) is 6.14. The number of aliphatic carboxylic acids is 1. The van der Waals surface area contributed by atoms with Gasteiger partial charge in [-0.3, -0.25) is 14.4 Å². The van der Waals surface area contributed by atoms with Crippen molar-refractivity contribution in [2.75, 3.05) is 23.8 Å². The Labute approximate surface area is 238 Å². The van der Waals surface area contributed by atoms with Crippen LogP contribution in [0.4, 0.5) is 5.13 Å². The number of anilines is 1. The van der Waals surface area contributed by atoms with Gasteiger partial charge in [0.2, 0.25) is 17.4 Å². The second-order valence-electron chi connectivity index (χ2n) is 8.75. The Morgan fingerprint density at radius 3 is 2.85 bits per heavy atom. The molecule has 39 heavy (non-hydrogen) atoms. The van der Waals surface area contributed by atoms with Crippen molar-refractivity contribution in [1.29, 1.82) is 0 Å². The summed E-state index contributed by atoms with van der Waals surface area (Å²) < 4.78 is 4.74. The standard InChI is InChI=1S/C22H22N8O5S4/c1-11(12-5-3-2-4-6-12)35-28-13(15-26-20(23)39-29-15)16(31)25-14-17(32)30-7-22(19(33)34,8-36-18(14)30)9-37-21-27-24-10-38-21/h2-6,10-11,14,18H,7-9H2,1H3,(H,25,31)(H,33,34)(H2,23,26,29)/t11?,14?,18-,22?/m1/s1. The number of carboxylic acids is 1. The molecule has 2 aliphatic heterocycles. The van der Waals surface area contributed by atoms with Crippen LogP contribution in [0.1, 0.15) is 24.4 Å². The van der Waals surface area contributed by atoms with Crippen molar-refractivity contribution < 1.29 is 24.3 Å². The van der Waals surface area contributed by atoms with E-state index in [-0.39, 0.29) is 40.6 Å². The monoisotopic (exact) mass is 606 g/mol. The summed E-state index contributed by atoms with van der Waals surface area (Å²) in [6, 6.07) is 8.46. The smallest absolute Gasteiger partial charge is 0.313 e. The van der Waals surface area contributed by atoms with E-state index in [2.05, 4.69) is 30.0 Å². The largest absolute Gasteiger partial charge is 0.481 e. The number of rotatable bonds is 10. The second-order valence-corrected chi connectivity index (χ2v) is 12.7. The molecule has 2 amide bonds. The minimum Gasteiger partial charge on any atom is -0.481 e. The van der Waals surface area contributed by atoms with E-state index in [0.717, 1.165) is 17.1 Å². The summed E-state index contributed by atoms with van der Waals surface area (Å²) in [6.45, 7) is 1.81. The molecular weight excluding hydrogens is 585 g/mol. The Kier molecular flexibility index (Phi) is 8.01. The fourth-order valence-electron chi connectivity index (χ4n) is 3.97. The van der Waals surface area contributed by atoms with Crippen molar-refractivity contribution in [2.24, 2.45) is 10.6 Å². The number of nitrogen functional groups attached to an aromatic ring is 1. The minimum absolute atomic E-state index is 0.0196. The van der Waals surface area contributed by atoms with Crippen LogP contribution in [0.5, 0.6) is 0 Å². The number of amides is 2. The summed E-state index contributed by atoms with van der Waals surface area (Å²) in [5.41, 5.74) is 6.77. The number of oxime groups is 1. The Morgan fingerprint density at radius 1 is 1.38 bits per heavy atom. The third kappa shape index (κ3) is 5.70. The van der Waals surface area contributed by atoms with Crippen molar-refractivity contribution in [2.45, 2.75) is 28.8 Å². The number of thioether (sulfide) groups is 2. The van der Waals surface area contributed by atoms with Gasteiger partial charge in [0.05, 0.1) is 0 Å². The van der Waals surface area contributed by atoms with Gasteiger partial charge < -0.3 is 25.9 Å². The second kappa shape index (κ2) is 11.4. The molecule has 2 fully saturated rings. The lowest BCUT2D eigenvalue weighted by Crippen LogP contribution is -2.74. The Hall–Kier alpha value is -3.28. The first kappa shape index (κ1) is 27.3. The Balaban J connectivity index is 1.27. The van der Waals surface area contributed by atoms with Gasteiger partial charge >= 0.3 is 5.97 Å². The number of hydrogen-bond acceptors (Lipinski definition) is 14. The molecule has 0 bridgehead atoms. The van der Waals surface area contributed by atoms with Crippen LogP contribution in [0.3, 0.4) is 0 Å². The van der Waals surface area contributed by atoms with E-state index in [9.17, 15) is 19.5 Å². The number of nitrogens with one attached hydrogen (secondary N) is 1. The van der Waals surface area contributed by atoms with Gasteiger partial charge in [-0.15, -0.1) is 22.0 Å². The van der Waals surface area contributed by atoms with Crippen LogP contribution in [-0.4, -0.2) is 82.5 Å². The molecule has 2 aromatic heterocycles. The zero-order valence-electron chi connectivity index (χ0n) is 20.3. The van der Waals surface area contributed by atoms with Gasteiger partial charge in [0.25, 0.3) is 5.91 Å². The summed E-state index contributed by atoms with van der Waals surface area (Å²) in [5.74, 6) is -1.59. The lowest BCUT2D eigenvalue weighted by molar-refractivity contribution is -0.157. The maximum atomic E-state index is 13.3. The predicted molar refractivity (Wildman–Crippen MR) is 147 cm³/mol. The molecule has 4 heterocycles. The number of carbonyl (C=O) groups is 3. The molecule has 2 aliphatic rings. The van der Waals surface area contributed by atoms with E-state index in [1.165, 1.54) is 39.8 Å². The molecule has 17 heteroatoms. The average molecular weight is 607 g/mol. The van der Waals surface area contributed by atoms with E-state index < -0.39 is 34.8 Å². The van der Waals surface area contributed by atoms with Crippen molar-refractivity contribution >= 4 is 75.0 Å². The zero-order chi connectivity index (χ0) is 27.6. The number of β-lactam (4-membered cyclic amide) rings is 1. The molecule has 0 spiro atoms. The van der Waals surface area contributed by atoms with Crippen LogP contribution >= 0.6 is 46.4 Å². The minimum atomic E-state index is -1.15. The number of carboxylic acid groups (broad SMARTS) is 1. The Morgan fingerprint density at radius 2 is 2.18 bits per heavy atom. The number of aromatic nitrogens is 4. The van der Waals surface area contributed by atoms with Crippen molar-refractivity contribution in [3.63, 3.8) is 0 Å². The molecule has 4 atom stereocenters. The predicted octanol–water partition coefficient (Wildman–Crippen LogP) is 1.72. The van der Waals surface area contributed by atoms with Gasteiger partial charge in [0, 0.05) is 29.6 Å².